The molecule has 0 aliphatic heterocycles. The van der Waals surface area contributed by atoms with E-state index in [2.05, 4.69) is 5.32 Å². The normalized spacial score (nSPS) is 11.7. The maximum atomic E-state index is 13.1. The monoisotopic (exact) mass is 280 g/mol. The third-order valence-corrected chi connectivity index (χ3v) is 2.49. The van der Waals surface area contributed by atoms with Gasteiger partial charge in [-0.15, -0.1) is 0 Å². The Hall–Kier alpha value is -1.34. The molecule has 2 N–H and O–H groups in total. The van der Waals surface area contributed by atoms with Crippen molar-refractivity contribution in [3.8, 4) is 0 Å². The van der Waals surface area contributed by atoms with Crippen molar-refractivity contribution in [2.45, 2.75) is 12.7 Å². The summed E-state index contributed by atoms with van der Waals surface area (Å²) in [6.07, 6.45) is -4.39. The van der Waals surface area contributed by atoms with Crippen molar-refractivity contribution in [1.29, 1.82) is 0 Å². The molecule has 7 heteroatoms. The lowest BCUT2D eigenvalue weighted by atomic mass is 10.1. The van der Waals surface area contributed by atoms with Gasteiger partial charge in [-0.3, -0.25) is 0 Å². The highest BCUT2D eigenvalue weighted by Gasteiger charge is 2.31. The van der Waals surface area contributed by atoms with E-state index >= 15 is 0 Å². The van der Waals surface area contributed by atoms with Crippen LogP contribution in [0.4, 0.5) is 23.2 Å². The van der Waals surface area contributed by atoms with E-state index in [-0.39, 0.29) is 18.8 Å². The van der Waals surface area contributed by atoms with Crippen LogP contribution in [-0.2, 0) is 6.54 Å². The Morgan fingerprint density at radius 1 is 1.32 bits per heavy atom. The molecule has 1 rings (SSSR count). The van der Waals surface area contributed by atoms with E-state index in [1.54, 1.807) is 7.05 Å². The van der Waals surface area contributed by atoms with Crippen LogP contribution in [0.3, 0.4) is 0 Å². The maximum Gasteiger partial charge on any atom is 0.405 e. The summed E-state index contributed by atoms with van der Waals surface area (Å²) in [5.74, 6) is -0.509. The van der Waals surface area contributed by atoms with Gasteiger partial charge in [0.15, 0.2) is 0 Å². The van der Waals surface area contributed by atoms with Gasteiger partial charge in [-0.2, -0.15) is 13.2 Å². The van der Waals surface area contributed by atoms with Crippen LogP contribution in [0.5, 0.6) is 0 Å². The molecular weight excluding hydrogens is 264 g/mol. The van der Waals surface area contributed by atoms with E-state index < -0.39 is 25.1 Å². The van der Waals surface area contributed by atoms with E-state index in [9.17, 15) is 17.6 Å². The maximum absolute atomic E-state index is 13.1. The smallest absolute Gasteiger partial charge is 0.395 e. The summed E-state index contributed by atoms with van der Waals surface area (Å²) in [5, 5.41) is 11.6. The first-order valence-corrected chi connectivity index (χ1v) is 5.73. The number of halogens is 4. The molecule has 3 nitrogen and oxygen atoms in total. The number of hydrogen-bond donors (Lipinski definition) is 2. The fraction of sp³-hybridized carbons (Fsp3) is 0.500. The number of nitrogens with zero attached hydrogens (tertiary/aromatic N) is 1. The fourth-order valence-corrected chi connectivity index (χ4v) is 1.82. The first-order chi connectivity index (χ1) is 8.87. The van der Waals surface area contributed by atoms with E-state index in [0.29, 0.717) is 5.56 Å². The van der Waals surface area contributed by atoms with Gasteiger partial charge in [-0.05, 0) is 30.8 Å². The second-order valence-corrected chi connectivity index (χ2v) is 4.06. The van der Waals surface area contributed by atoms with Crippen LogP contribution in [0.2, 0.25) is 0 Å². The third kappa shape index (κ3) is 5.04. The predicted octanol–water partition coefficient (Wildman–Crippen LogP) is 1.91. The van der Waals surface area contributed by atoms with Crippen LogP contribution in [0.1, 0.15) is 5.56 Å². The van der Waals surface area contributed by atoms with Crippen molar-refractivity contribution in [3.05, 3.63) is 29.6 Å². The zero-order chi connectivity index (χ0) is 14.5. The number of nitrogens with one attached hydrogen (secondary N) is 1. The first kappa shape index (κ1) is 15.7. The second kappa shape index (κ2) is 6.72. The average molecular weight is 280 g/mol. The first-order valence-electron chi connectivity index (χ1n) is 5.73. The molecule has 19 heavy (non-hydrogen) atoms. The number of hydrogen-bond acceptors (Lipinski definition) is 3. The molecule has 0 heterocycles. The average Bonchev–Trinajstić information content (AvgIpc) is 2.27. The van der Waals surface area contributed by atoms with E-state index in [4.69, 9.17) is 5.11 Å². The molecule has 0 fully saturated rings. The summed E-state index contributed by atoms with van der Waals surface area (Å²) in [5.41, 5.74) is 0.683. The quantitative estimate of drug-likeness (QED) is 0.781. The molecule has 0 saturated heterocycles. The van der Waals surface area contributed by atoms with Crippen molar-refractivity contribution in [2.24, 2.45) is 0 Å². The molecule has 0 bridgehead atoms. The molecule has 0 amide bonds. The molecule has 0 aromatic heterocycles. The summed E-state index contributed by atoms with van der Waals surface area (Å²) < 4.78 is 50.6. The molecule has 0 aliphatic rings. The molecule has 0 spiro atoms. The van der Waals surface area contributed by atoms with Crippen molar-refractivity contribution >= 4 is 5.69 Å². The van der Waals surface area contributed by atoms with Crippen molar-refractivity contribution in [3.63, 3.8) is 0 Å². The zero-order valence-corrected chi connectivity index (χ0v) is 10.5. The molecule has 0 aliphatic carbocycles. The number of benzene rings is 1. The Balaban J connectivity index is 3.06. The van der Waals surface area contributed by atoms with Crippen molar-refractivity contribution in [1.82, 2.24) is 5.32 Å². The second-order valence-electron chi connectivity index (χ2n) is 4.06. The molecule has 0 saturated carbocycles. The van der Waals surface area contributed by atoms with Crippen LogP contribution in [0.15, 0.2) is 18.2 Å². The summed E-state index contributed by atoms with van der Waals surface area (Å²) in [6.45, 7) is -1.52. The molecule has 1 aromatic carbocycles. The zero-order valence-electron chi connectivity index (χ0n) is 10.5. The topological polar surface area (TPSA) is 35.5 Å². The van der Waals surface area contributed by atoms with Gasteiger partial charge in [0.25, 0.3) is 0 Å². The Morgan fingerprint density at radius 2 is 2.00 bits per heavy atom. The summed E-state index contributed by atoms with van der Waals surface area (Å²) in [7, 11) is 1.62. The van der Waals surface area contributed by atoms with Gasteiger partial charge < -0.3 is 15.3 Å². The third-order valence-electron chi connectivity index (χ3n) is 2.49. The van der Waals surface area contributed by atoms with E-state index in [0.717, 1.165) is 11.0 Å². The highest BCUT2D eigenvalue weighted by Crippen LogP contribution is 2.26. The molecule has 108 valence electrons. The number of rotatable bonds is 6. The van der Waals surface area contributed by atoms with E-state index in [1.165, 1.54) is 12.1 Å². The fourth-order valence-electron chi connectivity index (χ4n) is 1.82. The lowest BCUT2D eigenvalue weighted by Gasteiger charge is -2.27. The van der Waals surface area contributed by atoms with Gasteiger partial charge in [-0.1, -0.05) is 0 Å². The van der Waals surface area contributed by atoms with Crippen LogP contribution >= 0.6 is 0 Å². The van der Waals surface area contributed by atoms with Gasteiger partial charge in [0.1, 0.15) is 12.4 Å². The molecule has 1 aromatic rings. The molecule has 0 atom stereocenters. The Kier molecular flexibility index (Phi) is 5.56. The van der Waals surface area contributed by atoms with E-state index in [1.807, 2.05) is 0 Å². The minimum Gasteiger partial charge on any atom is -0.395 e. The van der Waals surface area contributed by atoms with Gasteiger partial charge in [0.2, 0.25) is 0 Å². The summed E-state index contributed by atoms with van der Waals surface area (Å²) >= 11 is 0. The minimum absolute atomic E-state index is 0.165. The SMILES string of the molecule is CNCc1cc(F)ccc1N(CCO)CC(F)(F)F. The van der Waals surface area contributed by atoms with Gasteiger partial charge in [0, 0.05) is 18.8 Å². The predicted molar refractivity (Wildman–Crippen MR) is 64.5 cm³/mol. The van der Waals surface area contributed by atoms with Crippen LogP contribution in [0, 0.1) is 5.82 Å². The Morgan fingerprint density at radius 3 is 2.53 bits per heavy atom. The molecular formula is C12H16F4N2O. The van der Waals surface area contributed by atoms with Gasteiger partial charge in [-0.25, -0.2) is 4.39 Å². The minimum atomic E-state index is -4.39. The number of anilines is 1. The lowest BCUT2D eigenvalue weighted by molar-refractivity contribution is -0.119. The number of alkyl halides is 3. The number of aliphatic hydroxyl groups excluding tert-OH is 1. The molecule has 0 unspecified atom stereocenters. The largest absolute Gasteiger partial charge is 0.405 e. The van der Waals surface area contributed by atoms with Gasteiger partial charge in [0.05, 0.1) is 6.61 Å². The Labute approximate surface area is 108 Å². The van der Waals surface area contributed by atoms with Crippen molar-refractivity contribution < 1.29 is 22.7 Å². The Bertz CT molecular complexity index is 409. The highest BCUT2D eigenvalue weighted by atomic mass is 19.4. The van der Waals surface area contributed by atoms with Crippen LogP contribution < -0.4 is 10.2 Å². The summed E-state index contributed by atoms with van der Waals surface area (Å²) in [6, 6.07) is 3.59. The number of aliphatic hydroxyl groups is 1. The van der Waals surface area contributed by atoms with Crippen LogP contribution in [0.25, 0.3) is 0 Å². The van der Waals surface area contributed by atoms with Gasteiger partial charge >= 0.3 is 6.18 Å². The highest BCUT2D eigenvalue weighted by molar-refractivity contribution is 5.54. The van der Waals surface area contributed by atoms with Crippen LogP contribution in [-0.4, -0.2) is 38.0 Å². The summed E-state index contributed by atoms with van der Waals surface area (Å²) in [4.78, 5) is 0.992. The van der Waals surface area contributed by atoms with Crippen molar-refractivity contribution in [2.75, 3.05) is 31.6 Å². The lowest BCUT2D eigenvalue weighted by Crippen LogP contribution is -2.37. The molecule has 0 radical (unpaired) electrons. The standard InChI is InChI=1S/C12H16F4N2O/c1-17-7-9-6-10(13)2-3-11(9)18(4-5-19)8-12(14,15)16/h2-3,6,17,19H,4-5,7-8H2,1H3.